The number of halogens is 1. The third-order valence-corrected chi connectivity index (χ3v) is 7.98. The van der Waals surface area contributed by atoms with Gasteiger partial charge in [-0.3, -0.25) is 4.79 Å². The zero-order valence-electron chi connectivity index (χ0n) is 25.9. The van der Waals surface area contributed by atoms with Crippen LogP contribution in [0.5, 0.6) is 11.6 Å². The number of methoxy groups -OCH3 is 2. The Morgan fingerprint density at radius 1 is 1.05 bits per heavy atom. The van der Waals surface area contributed by atoms with Crippen molar-refractivity contribution in [2.24, 2.45) is 0 Å². The van der Waals surface area contributed by atoms with Crippen LogP contribution in [0.25, 0.3) is 11.2 Å². The van der Waals surface area contributed by atoms with Gasteiger partial charge in [0.05, 0.1) is 31.1 Å². The minimum Gasteiger partial charge on any atom is -0.491 e. The molecule has 44 heavy (non-hydrogen) atoms. The number of hydrogen-bond donors (Lipinski definition) is 1. The second-order valence-corrected chi connectivity index (χ2v) is 12.4. The van der Waals surface area contributed by atoms with Gasteiger partial charge in [0.15, 0.2) is 11.4 Å². The van der Waals surface area contributed by atoms with E-state index in [0.717, 1.165) is 31.4 Å². The number of piperidine rings is 1. The topological polar surface area (TPSA) is 115 Å². The van der Waals surface area contributed by atoms with E-state index in [9.17, 15) is 9.59 Å². The summed E-state index contributed by atoms with van der Waals surface area (Å²) < 4.78 is 34.7. The molecule has 2 fully saturated rings. The van der Waals surface area contributed by atoms with Crippen LogP contribution in [0, 0.1) is 12.7 Å². The Hall–Kier alpha value is -4.55. The van der Waals surface area contributed by atoms with Crippen LogP contribution in [0.4, 0.5) is 20.6 Å². The Bertz CT molecular complexity index is 1730. The van der Waals surface area contributed by atoms with Gasteiger partial charge < -0.3 is 33.7 Å². The highest BCUT2D eigenvalue weighted by atomic mass is 19.1. The summed E-state index contributed by atoms with van der Waals surface area (Å²) in [5.41, 5.74) is 2.17. The van der Waals surface area contributed by atoms with Gasteiger partial charge in [-0.05, 0) is 65.5 Å². The molecule has 1 saturated carbocycles. The maximum Gasteiger partial charge on any atom is 0.410 e. The average molecular weight is 608 g/mol. The molecule has 13 heteroatoms. The predicted octanol–water partition coefficient (Wildman–Crippen LogP) is 5.07. The van der Waals surface area contributed by atoms with E-state index in [2.05, 4.69) is 20.3 Å². The number of carbonyl (C=O) groups is 2. The molecule has 0 unspecified atom stereocenters. The number of pyridine rings is 2. The van der Waals surface area contributed by atoms with Crippen molar-refractivity contribution in [1.29, 1.82) is 0 Å². The normalized spacial score (nSPS) is 15.9. The van der Waals surface area contributed by atoms with E-state index in [1.807, 2.05) is 31.7 Å². The summed E-state index contributed by atoms with van der Waals surface area (Å²) in [5, 5.41) is 7.29. The minimum absolute atomic E-state index is 0.0983. The van der Waals surface area contributed by atoms with Gasteiger partial charge in [0.1, 0.15) is 17.0 Å². The highest BCUT2D eigenvalue weighted by Gasteiger charge is 2.41. The molecule has 12 nitrogen and oxygen atoms in total. The molecule has 5 heterocycles. The third kappa shape index (κ3) is 5.58. The van der Waals surface area contributed by atoms with E-state index in [4.69, 9.17) is 14.2 Å². The molecule has 4 aromatic heterocycles. The lowest BCUT2D eigenvalue weighted by Gasteiger charge is -2.40. The molecule has 0 radical (unpaired) electrons. The quantitative estimate of drug-likeness (QED) is 0.310. The number of ether oxygens (including phenoxy) is 3. The average Bonchev–Trinajstić information content (AvgIpc) is 3.57. The van der Waals surface area contributed by atoms with Gasteiger partial charge in [0.2, 0.25) is 11.7 Å². The van der Waals surface area contributed by atoms with Gasteiger partial charge >= 0.3 is 6.09 Å². The molecule has 1 aliphatic heterocycles. The Morgan fingerprint density at radius 2 is 1.75 bits per heavy atom. The summed E-state index contributed by atoms with van der Waals surface area (Å²) in [5.74, 6) is -0.936. The molecule has 2 aliphatic rings. The molecule has 0 bridgehead atoms. The van der Waals surface area contributed by atoms with Crippen molar-refractivity contribution in [1.82, 2.24) is 23.9 Å². The number of fused-ring (bicyclic) bond motifs is 2. The fourth-order valence-electron chi connectivity index (χ4n) is 5.90. The van der Waals surface area contributed by atoms with E-state index in [-0.39, 0.29) is 41.0 Å². The molecule has 0 spiro atoms. The SMILES string of the molecule is COc1cc2c(N3CCC(N(C(=O)OC(C)(C)C)C4CC4)CC3)ccc(C(=O)Nc3cn4cc(C)nc4c(F)c3OC)n2n1. The lowest BCUT2D eigenvalue weighted by molar-refractivity contribution is 0.0114. The molecule has 1 aliphatic carbocycles. The molecule has 2 amide bonds. The summed E-state index contributed by atoms with van der Waals surface area (Å²) in [4.78, 5) is 35.0. The smallest absolute Gasteiger partial charge is 0.410 e. The number of aromatic nitrogens is 4. The molecular formula is C31H38FN7O5. The van der Waals surface area contributed by atoms with E-state index < -0.39 is 17.3 Å². The summed E-state index contributed by atoms with van der Waals surface area (Å²) in [6.07, 6.45) is 6.58. The van der Waals surface area contributed by atoms with Crippen LogP contribution >= 0.6 is 0 Å². The zero-order valence-corrected chi connectivity index (χ0v) is 25.9. The monoisotopic (exact) mass is 607 g/mol. The van der Waals surface area contributed by atoms with Crippen molar-refractivity contribution < 1.29 is 28.2 Å². The Balaban J connectivity index is 1.25. The minimum atomic E-state index is -0.671. The highest BCUT2D eigenvalue weighted by molar-refractivity contribution is 6.05. The number of nitrogens with one attached hydrogen (secondary N) is 1. The fourth-order valence-corrected chi connectivity index (χ4v) is 5.90. The number of rotatable bonds is 7. The number of carbonyl (C=O) groups excluding carboxylic acids is 2. The zero-order chi connectivity index (χ0) is 31.3. The van der Waals surface area contributed by atoms with E-state index in [1.165, 1.54) is 23.1 Å². The lowest BCUT2D eigenvalue weighted by Crippen LogP contribution is -2.50. The van der Waals surface area contributed by atoms with Crippen molar-refractivity contribution >= 4 is 34.5 Å². The first-order valence-electron chi connectivity index (χ1n) is 14.8. The van der Waals surface area contributed by atoms with Gasteiger partial charge in [0, 0.05) is 43.6 Å². The molecule has 0 atom stereocenters. The Labute approximate surface area is 254 Å². The number of hydrogen-bond acceptors (Lipinski definition) is 8. The molecule has 0 aromatic carbocycles. The summed E-state index contributed by atoms with van der Waals surface area (Å²) in [6.45, 7) is 8.86. The molecule has 234 valence electrons. The van der Waals surface area contributed by atoms with E-state index >= 15 is 4.39 Å². The number of amides is 2. The standard InChI is InChI=1S/C31H38FN7O5/c1-18-16-37-17-21(27(43-6)26(32)28(37)33-18)34-29(40)23-10-9-22(24-15-25(42-5)35-39(23)24)36-13-11-20(12-14-36)38(19-7-8-19)30(41)44-31(2,3)4/h9-10,15-17,19-20H,7-8,11-14H2,1-6H3,(H,34,40). The lowest BCUT2D eigenvalue weighted by atomic mass is 10.0. The largest absolute Gasteiger partial charge is 0.491 e. The number of nitrogens with zero attached hydrogens (tertiary/aromatic N) is 6. The third-order valence-electron chi connectivity index (χ3n) is 7.98. The molecule has 1 N–H and O–H groups in total. The van der Waals surface area contributed by atoms with Crippen LogP contribution in [-0.4, -0.2) is 80.9 Å². The van der Waals surface area contributed by atoms with E-state index in [0.29, 0.717) is 30.2 Å². The predicted molar refractivity (Wildman–Crippen MR) is 162 cm³/mol. The summed E-state index contributed by atoms with van der Waals surface area (Å²) in [7, 11) is 2.86. The van der Waals surface area contributed by atoms with Crippen molar-refractivity contribution in [3.8, 4) is 11.6 Å². The van der Waals surface area contributed by atoms with Crippen LogP contribution in [-0.2, 0) is 4.74 Å². The van der Waals surface area contributed by atoms with Crippen molar-refractivity contribution in [3.63, 3.8) is 0 Å². The van der Waals surface area contributed by atoms with Crippen LogP contribution in [0.1, 0.15) is 62.6 Å². The number of anilines is 2. The fraction of sp³-hybridized carbons (Fsp3) is 0.484. The second kappa shape index (κ2) is 11.2. The maximum atomic E-state index is 15.2. The van der Waals surface area contributed by atoms with Crippen molar-refractivity contribution in [3.05, 3.63) is 47.8 Å². The first-order chi connectivity index (χ1) is 21.0. The van der Waals surface area contributed by atoms with Crippen molar-refractivity contribution in [2.75, 3.05) is 37.5 Å². The first kappa shape index (κ1) is 29.5. The van der Waals surface area contributed by atoms with E-state index in [1.54, 1.807) is 31.5 Å². The Kier molecular flexibility index (Phi) is 7.50. The van der Waals surface area contributed by atoms with Crippen LogP contribution in [0.3, 0.4) is 0 Å². The van der Waals surface area contributed by atoms with Gasteiger partial charge in [-0.1, -0.05) is 0 Å². The maximum absolute atomic E-state index is 15.2. The van der Waals surface area contributed by atoms with Gasteiger partial charge in [0.25, 0.3) is 5.91 Å². The van der Waals surface area contributed by atoms with Gasteiger partial charge in [-0.15, -0.1) is 5.10 Å². The molecule has 6 rings (SSSR count). The second-order valence-electron chi connectivity index (χ2n) is 12.4. The molecule has 4 aromatic rings. The summed E-state index contributed by atoms with van der Waals surface area (Å²) in [6, 6.07) is 5.71. The molecule has 1 saturated heterocycles. The highest BCUT2D eigenvalue weighted by Crippen LogP contribution is 2.36. The molecular weight excluding hydrogens is 569 g/mol. The Morgan fingerprint density at radius 3 is 2.39 bits per heavy atom. The summed E-state index contributed by atoms with van der Waals surface area (Å²) >= 11 is 0. The van der Waals surface area contributed by atoms with Crippen molar-refractivity contribution in [2.45, 2.75) is 71.1 Å². The first-order valence-corrected chi connectivity index (χ1v) is 14.8. The number of imidazole rings is 1. The number of aryl methyl sites for hydroxylation is 1. The van der Waals surface area contributed by atoms with Gasteiger partial charge in [-0.2, -0.15) is 4.39 Å². The van der Waals surface area contributed by atoms with Gasteiger partial charge in [-0.25, -0.2) is 14.3 Å². The van der Waals surface area contributed by atoms with Crippen LogP contribution < -0.4 is 19.7 Å². The van der Waals surface area contributed by atoms with Crippen LogP contribution in [0.15, 0.2) is 30.6 Å². The van der Waals surface area contributed by atoms with Crippen LogP contribution in [0.2, 0.25) is 0 Å².